The number of nitro benzene ring substituents is 1. The molecule has 0 saturated carbocycles. The van der Waals surface area contributed by atoms with Gasteiger partial charge < -0.3 is 22.3 Å². The summed E-state index contributed by atoms with van der Waals surface area (Å²) in [6.07, 6.45) is -5.00. The summed E-state index contributed by atoms with van der Waals surface area (Å²) in [4.78, 5) is 27.3. The number of carboxylic acid groups (broad SMARTS) is 1. The van der Waals surface area contributed by atoms with Crippen LogP contribution < -0.4 is 17.2 Å². The minimum atomic E-state index is -5.00. The van der Waals surface area contributed by atoms with Crippen LogP contribution in [0.25, 0.3) is 0 Å². The van der Waals surface area contributed by atoms with Crippen molar-refractivity contribution in [1.82, 2.24) is 0 Å². The van der Waals surface area contributed by atoms with Crippen LogP contribution in [-0.2, 0) is 6.18 Å². The number of nitrogens with two attached hydrogens (primary N) is 3. The maximum Gasteiger partial charge on any atom is 0.416 e. The first-order valence-corrected chi connectivity index (χ1v) is 5.50. The summed E-state index contributed by atoms with van der Waals surface area (Å²) in [7, 11) is 0. The number of alkyl halides is 3. The van der Waals surface area contributed by atoms with Crippen LogP contribution in [0.4, 0.5) is 24.5 Å². The van der Waals surface area contributed by atoms with Crippen molar-refractivity contribution in [3.63, 3.8) is 0 Å². The molecular formula is C10H9F3N6O4. The average molecular weight is 334 g/mol. The molecule has 23 heavy (non-hydrogen) atoms. The maximum atomic E-state index is 12.7. The van der Waals surface area contributed by atoms with Gasteiger partial charge in [0.05, 0.1) is 16.1 Å². The number of hydrogen-bond donors (Lipinski definition) is 4. The highest BCUT2D eigenvalue weighted by Crippen LogP contribution is 2.39. The zero-order valence-electron chi connectivity index (χ0n) is 11.0. The van der Waals surface area contributed by atoms with Crippen molar-refractivity contribution in [2.45, 2.75) is 6.18 Å². The van der Waals surface area contributed by atoms with E-state index in [9.17, 15) is 28.1 Å². The van der Waals surface area contributed by atoms with Gasteiger partial charge in [-0.05, 0) is 6.07 Å². The molecule has 1 aromatic rings. The van der Waals surface area contributed by atoms with Crippen molar-refractivity contribution >= 4 is 29.3 Å². The molecule has 13 heteroatoms. The third kappa shape index (κ3) is 4.29. The smallest absolute Gasteiger partial charge is 0.416 e. The van der Waals surface area contributed by atoms with Gasteiger partial charge in [0, 0.05) is 6.07 Å². The molecule has 0 fully saturated rings. The van der Waals surface area contributed by atoms with Gasteiger partial charge in [0.25, 0.3) is 5.69 Å². The van der Waals surface area contributed by atoms with Crippen molar-refractivity contribution in [2.24, 2.45) is 27.2 Å². The van der Waals surface area contributed by atoms with E-state index in [2.05, 4.69) is 9.98 Å². The lowest BCUT2D eigenvalue weighted by atomic mass is 10.1. The van der Waals surface area contributed by atoms with Crippen LogP contribution in [0.5, 0.6) is 0 Å². The Labute approximate surface area is 125 Å². The number of nitro groups is 1. The molecule has 124 valence electrons. The van der Waals surface area contributed by atoms with Gasteiger partial charge in [-0.25, -0.2) is 9.79 Å². The van der Waals surface area contributed by atoms with Gasteiger partial charge in [-0.2, -0.15) is 18.2 Å². The van der Waals surface area contributed by atoms with E-state index in [1.807, 2.05) is 0 Å². The Morgan fingerprint density at radius 3 is 2.22 bits per heavy atom. The zero-order chi connectivity index (χ0) is 17.9. The number of carboxylic acids is 1. The summed E-state index contributed by atoms with van der Waals surface area (Å²) in [5.74, 6) is -3.23. The lowest BCUT2D eigenvalue weighted by Gasteiger charge is -2.10. The normalized spacial score (nSPS) is 11.9. The largest absolute Gasteiger partial charge is 0.478 e. The minimum Gasteiger partial charge on any atom is -0.478 e. The summed E-state index contributed by atoms with van der Waals surface area (Å²) < 4.78 is 38.1. The highest BCUT2D eigenvalue weighted by Gasteiger charge is 2.36. The molecule has 0 spiro atoms. The highest BCUT2D eigenvalue weighted by molar-refractivity contribution is 6.00. The van der Waals surface area contributed by atoms with Crippen LogP contribution >= 0.6 is 0 Å². The monoisotopic (exact) mass is 334 g/mol. The van der Waals surface area contributed by atoms with E-state index in [1.54, 1.807) is 0 Å². The van der Waals surface area contributed by atoms with E-state index >= 15 is 0 Å². The van der Waals surface area contributed by atoms with E-state index < -0.39 is 51.5 Å². The summed E-state index contributed by atoms with van der Waals surface area (Å²) in [5, 5.41) is 19.9. The molecule has 0 amide bonds. The van der Waals surface area contributed by atoms with Crippen molar-refractivity contribution in [3.05, 3.63) is 33.4 Å². The second kappa shape index (κ2) is 6.17. The Hall–Kier alpha value is -3.38. The summed E-state index contributed by atoms with van der Waals surface area (Å²) in [5.41, 5.74) is 10.5. The molecule has 0 aliphatic heterocycles. The topological polar surface area (TPSA) is 183 Å². The molecule has 7 N–H and O–H groups in total. The predicted octanol–water partition coefficient (Wildman–Crippen LogP) is 0.531. The van der Waals surface area contributed by atoms with E-state index in [0.717, 1.165) is 0 Å². The van der Waals surface area contributed by atoms with Gasteiger partial charge in [-0.3, -0.25) is 10.1 Å². The van der Waals surface area contributed by atoms with Gasteiger partial charge in [0.1, 0.15) is 0 Å². The SMILES string of the molecule is NC(N)=NC(N)=Nc1c(C(=O)O)cc(C(F)(F)F)cc1[N+](=O)[O-]. The number of nitrogens with zero attached hydrogens (tertiary/aromatic N) is 3. The number of benzene rings is 1. The minimum absolute atomic E-state index is 0.133. The Morgan fingerprint density at radius 2 is 1.83 bits per heavy atom. The molecule has 0 aliphatic rings. The molecule has 0 bridgehead atoms. The number of halogens is 3. The maximum absolute atomic E-state index is 12.7. The van der Waals surface area contributed by atoms with E-state index in [-0.39, 0.29) is 12.1 Å². The van der Waals surface area contributed by atoms with Gasteiger partial charge in [-0.15, -0.1) is 0 Å². The second-order valence-corrected chi connectivity index (χ2v) is 3.96. The molecule has 10 nitrogen and oxygen atoms in total. The molecule has 0 radical (unpaired) electrons. The number of carbonyl (C=O) groups is 1. The highest BCUT2D eigenvalue weighted by atomic mass is 19.4. The number of aliphatic imine (C=N–C) groups is 2. The van der Waals surface area contributed by atoms with Crippen LogP contribution in [0.1, 0.15) is 15.9 Å². The third-order valence-electron chi connectivity index (χ3n) is 2.31. The van der Waals surface area contributed by atoms with Crippen molar-refractivity contribution in [3.8, 4) is 0 Å². The number of guanidine groups is 2. The standard InChI is InChI=1S/C10H9F3N6O4/c11-10(12,13)3-1-4(7(20)21)6(5(2-3)19(22)23)17-9(16)18-8(14)15/h1-2H,(H,20,21)(H6,14,15,16,17,18). The van der Waals surface area contributed by atoms with Crippen LogP contribution in [0.15, 0.2) is 22.1 Å². The Balaban J connectivity index is 3.77. The number of hydrogen-bond acceptors (Lipinski definition) is 4. The molecular weight excluding hydrogens is 325 g/mol. The quantitative estimate of drug-likeness (QED) is 0.269. The van der Waals surface area contributed by atoms with Crippen molar-refractivity contribution in [2.75, 3.05) is 0 Å². The predicted molar refractivity (Wildman–Crippen MR) is 72.1 cm³/mol. The zero-order valence-corrected chi connectivity index (χ0v) is 11.0. The van der Waals surface area contributed by atoms with Gasteiger partial charge in [-0.1, -0.05) is 0 Å². The lowest BCUT2D eigenvalue weighted by molar-refractivity contribution is -0.384. The first-order valence-electron chi connectivity index (χ1n) is 5.50. The Bertz CT molecular complexity index is 689. The number of aromatic carboxylic acids is 1. The Morgan fingerprint density at radius 1 is 1.26 bits per heavy atom. The van der Waals surface area contributed by atoms with Crippen LogP contribution in [0, 0.1) is 10.1 Å². The first kappa shape index (κ1) is 17.7. The van der Waals surface area contributed by atoms with Crippen molar-refractivity contribution < 1.29 is 28.0 Å². The molecule has 1 rings (SSSR count). The van der Waals surface area contributed by atoms with Gasteiger partial charge in [0.2, 0.25) is 5.96 Å². The van der Waals surface area contributed by atoms with Crippen LogP contribution in [0.3, 0.4) is 0 Å². The molecule has 0 unspecified atom stereocenters. The molecule has 0 atom stereocenters. The van der Waals surface area contributed by atoms with E-state index in [1.165, 1.54) is 0 Å². The first-order chi connectivity index (χ1) is 10.4. The molecule has 1 aromatic carbocycles. The fourth-order valence-corrected chi connectivity index (χ4v) is 1.47. The summed E-state index contributed by atoms with van der Waals surface area (Å²) >= 11 is 0. The molecule has 0 saturated heterocycles. The fourth-order valence-electron chi connectivity index (χ4n) is 1.47. The van der Waals surface area contributed by atoms with Gasteiger partial charge in [0.15, 0.2) is 11.6 Å². The van der Waals surface area contributed by atoms with Gasteiger partial charge >= 0.3 is 12.1 Å². The molecule has 0 heterocycles. The van der Waals surface area contributed by atoms with Crippen LogP contribution in [-0.4, -0.2) is 27.9 Å². The van der Waals surface area contributed by atoms with Crippen LogP contribution in [0.2, 0.25) is 0 Å². The summed E-state index contributed by atoms with van der Waals surface area (Å²) in [6.45, 7) is 0. The van der Waals surface area contributed by atoms with Crippen molar-refractivity contribution in [1.29, 1.82) is 0 Å². The Kier molecular flexibility index (Phi) is 4.74. The average Bonchev–Trinajstić information content (AvgIpc) is 2.35. The number of rotatable bonds is 3. The third-order valence-corrected chi connectivity index (χ3v) is 2.31. The lowest BCUT2D eigenvalue weighted by Crippen LogP contribution is -2.26. The fraction of sp³-hybridized carbons (Fsp3) is 0.100. The summed E-state index contributed by atoms with van der Waals surface area (Å²) in [6, 6.07) is 0.324. The molecule has 0 aliphatic carbocycles. The van der Waals surface area contributed by atoms with E-state index in [4.69, 9.17) is 22.3 Å². The van der Waals surface area contributed by atoms with E-state index in [0.29, 0.717) is 0 Å². The second-order valence-electron chi connectivity index (χ2n) is 3.96. The molecule has 0 aromatic heterocycles.